The normalized spacial score (nSPS) is 11.7. The SMILES string of the molecule is CNC(=O)Nc1ccc(NC(C)COC)cc1. The summed E-state index contributed by atoms with van der Waals surface area (Å²) in [6, 6.07) is 7.54. The Balaban J connectivity index is 2.52. The molecule has 0 fully saturated rings. The van der Waals surface area contributed by atoms with Gasteiger partial charge in [0.15, 0.2) is 0 Å². The van der Waals surface area contributed by atoms with Crippen LogP contribution in [-0.4, -0.2) is 32.8 Å². The molecule has 3 N–H and O–H groups in total. The number of hydrogen-bond acceptors (Lipinski definition) is 3. The minimum atomic E-state index is -0.224. The molecule has 1 aromatic rings. The summed E-state index contributed by atoms with van der Waals surface area (Å²) >= 11 is 0. The van der Waals surface area contributed by atoms with Gasteiger partial charge in [0.2, 0.25) is 0 Å². The Morgan fingerprint density at radius 2 is 1.88 bits per heavy atom. The van der Waals surface area contributed by atoms with E-state index in [1.807, 2.05) is 31.2 Å². The number of amides is 2. The van der Waals surface area contributed by atoms with E-state index in [9.17, 15) is 4.79 Å². The Morgan fingerprint density at radius 1 is 1.29 bits per heavy atom. The van der Waals surface area contributed by atoms with Crippen LogP contribution >= 0.6 is 0 Å². The molecule has 0 aliphatic rings. The summed E-state index contributed by atoms with van der Waals surface area (Å²) in [6.07, 6.45) is 0. The van der Waals surface area contributed by atoms with Gasteiger partial charge in [-0.05, 0) is 31.2 Å². The smallest absolute Gasteiger partial charge is 0.318 e. The summed E-state index contributed by atoms with van der Waals surface area (Å²) in [6.45, 7) is 2.69. The van der Waals surface area contributed by atoms with Crippen molar-refractivity contribution < 1.29 is 9.53 Å². The second-order valence-corrected chi connectivity index (χ2v) is 3.78. The zero-order valence-corrected chi connectivity index (χ0v) is 10.4. The van der Waals surface area contributed by atoms with Crippen molar-refractivity contribution in [1.82, 2.24) is 5.32 Å². The van der Waals surface area contributed by atoms with E-state index in [1.54, 1.807) is 14.2 Å². The first-order chi connectivity index (χ1) is 8.15. The first kappa shape index (κ1) is 13.3. The second-order valence-electron chi connectivity index (χ2n) is 3.78. The van der Waals surface area contributed by atoms with Crippen molar-refractivity contribution in [3.8, 4) is 0 Å². The summed E-state index contributed by atoms with van der Waals surface area (Å²) in [4.78, 5) is 11.1. The van der Waals surface area contributed by atoms with Crippen molar-refractivity contribution in [2.75, 3.05) is 31.4 Å². The van der Waals surface area contributed by atoms with E-state index in [1.165, 1.54) is 0 Å². The van der Waals surface area contributed by atoms with E-state index in [4.69, 9.17) is 4.74 Å². The maximum atomic E-state index is 11.1. The molecule has 0 radical (unpaired) electrons. The van der Waals surface area contributed by atoms with Crippen molar-refractivity contribution in [3.05, 3.63) is 24.3 Å². The number of carbonyl (C=O) groups is 1. The topological polar surface area (TPSA) is 62.4 Å². The van der Waals surface area contributed by atoms with Gasteiger partial charge in [0, 0.05) is 31.6 Å². The highest BCUT2D eigenvalue weighted by Crippen LogP contribution is 2.14. The minimum Gasteiger partial charge on any atom is -0.383 e. The Labute approximate surface area is 102 Å². The monoisotopic (exact) mass is 237 g/mol. The first-order valence-electron chi connectivity index (χ1n) is 5.50. The Morgan fingerprint density at radius 3 is 2.41 bits per heavy atom. The third kappa shape index (κ3) is 4.74. The lowest BCUT2D eigenvalue weighted by Gasteiger charge is -2.14. The number of carbonyl (C=O) groups excluding carboxylic acids is 1. The van der Waals surface area contributed by atoms with Crippen molar-refractivity contribution in [2.45, 2.75) is 13.0 Å². The molecule has 0 aliphatic heterocycles. The van der Waals surface area contributed by atoms with Crippen LogP contribution in [0.15, 0.2) is 24.3 Å². The van der Waals surface area contributed by atoms with Crippen molar-refractivity contribution >= 4 is 17.4 Å². The largest absolute Gasteiger partial charge is 0.383 e. The minimum absolute atomic E-state index is 0.224. The molecule has 0 saturated carbocycles. The molecule has 1 atom stereocenters. The van der Waals surface area contributed by atoms with Crippen LogP contribution in [0.5, 0.6) is 0 Å². The van der Waals surface area contributed by atoms with Gasteiger partial charge >= 0.3 is 6.03 Å². The van der Waals surface area contributed by atoms with Crippen LogP contribution < -0.4 is 16.0 Å². The number of rotatable bonds is 5. The average molecular weight is 237 g/mol. The van der Waals surface area contributed by atoms with Crippen molar-refractivity contribution in [1.29, 1.82) is 0 Å². The van der Waals surface area contributed by atoms with Gasteiger partial charge < -0.3 is 20.7 Å². The highest BCUT2D eigenvalue weighted by Gasteiger charge is 2.02. The van der Waals surface area contributed by atoms with E-state index in [2.05, 4.69) is 16.0 Å². The zero-order chi connectivity index (χ0) is 12.7. The molecule has 0 aromatic heterocycles. The van der Waals surface area contributed by atoms with Crippen molar-refractivity contribution in [3.63, 3.8) is 0 Å². The molecular weight excluding hydrogens is 218 g/mol. The van der Waals surface area contributed by atoms with Crippen LogP contribution in [0.2, 0.25) is 0 Å². The Kier molecular flexibility index (Phi) is 5.29. The number of anilines is 2. The van der Waals surface area contributed by atoms with E-state index in [0.717, 1.165) is 11.4 Å². The highest BCUT2D eigenvalue weighted by atomic mass is 16.5. The second kappa shape index (κ2) is 6.75. The summed E-state index contributed by atoms with van der Waals surface area (Å²) in [5.41, 5.74) is 1.76. The molecule has 0 saturated heterocycles. The number of hydrogen-bond donors (Lipinski definition) is 3. The predicted octanol–water partition coefficient (Wildman–Crippen LogP) is 1.88. The molecule has 1 rings (SSSR count). The van der Waals surface area contributed by atoms with E-state index in [0.29, 0.717) is 6.61 Å². The molecule has 2 amide bonds. The first-order valence-corrected chi connectivity index (χ1v) is 5.50. The van der Waals surface area contributed by atoms with E-state index < -0.39 is 0 Å². The maximum Gasteiger partial charge on any atom is 0.318 e. The lowest BCUT2D eigenvalue weighted by Crippen LogP contribution is -2.24. The van der Waals surface area contributed by atoms with Gasteiger partial charge in [-0.15, -0.1) is 0 Å². The lowest BCUT2D eigenvalue weighted by atomic mass is 10.2. The molecular formula is C12H19N3O2. The standard InChI is InChI=1S/C12H19N3O2/c1-9(8-17-3)14-10-4-6-11(7-5-10)15-12(16)13-2/h4-7,9,14H,8H2,1-3H3,(H2,13,15,16). The average Bonchev–Trinajstić information content (AvgIpc) is 2.32. The molecule has 0 aliphatic carbocycles. The number of nitrogens with one attached hydrogen (secondary N) is 3. The molecule has 0 heterocycles. The van der Waals surface area contributed by atoms with E-state index in [-0.39, 0.29) is 12.1 Å². The van der Waals surface area contributed by atoms with Gasteiger partial charge in [-0.2, -0.15) is 0 Å². The third-order valence-electron chi connectivity index (χ3n) is 2.20. The Bertz CT molecular complexity index is 351. The highest BCUT2D eigenvalue weighted by molar-refractivity contribution is 5.89. The number of benzene rings is 1. The summed E-state index contributed by atoms with van der Waals surface area (Å²) in [5.74, 6) is 0. The Hall–Kier alpha value is -1.75. The number of methoxy groups -OCH3 is 1. The lowest BCUT2D eigenvalue weighted by molar-refractivity contribution is 0.190. The van der Waals surface area contributed by atoms with Crippen LogP contribution in [0.3, 0.4) is 0 Å². The molecule has 5 heteroatoms. The molecule has 5 nitrogen and oxygen atoms in total. The number of urea groups is 1. The van der Waals surface area contributed by atoms with Crippen LogP contribution in [0.1, 0.15) is 6.92 Å². The molecule has 17 heavy (non-hydrogen) atoms. The summed E-state index contributed by atoms with van der Waals surface area (Å²) < 4.78 is 5.04. The molecule has 94 valence electrons. The molecule has 1 unspecified atom stereocenters. The molecule has 0 bridgehead atoms. The van der Waals surface area contributed by atoms with E-state index >= 15 is 0 Å². The third-order valence-corrected chi connectivity index (χ3v) is 2.20. The predicted molar refractivity (Wildman–Crippen MR) is 69.5 cm³/mol. The van der Waals surface area contributed by atoms with Gasteiger partial charge in [0.25, 0.3) is 0 Å². The quantitative estimate of drug-likeness (QED) is 0.732. The fraction of sp³-hybridized carbons (Fsp3) is 0.417. The fourth-order valence-corrected chi connectivity index (χ4v) is 1.42. The van der Waals surface area contributed by atoms with Crippen LogP contribution in [0.25, 0.3) is 0 Å². The zero-order valence-electron chi connectivity index (χ0n) is 10.4. The van der Waals surface area contributed by atoms with Crippen LogP contribution in [0.4, 0.5) is 16.2 Å². The van der Waals surface area contributed by atoms with Crippen molar-refractivity contribution in [2.24, 2.45) is 0 Å². The van der Waals surface area contributed by atoms with Gasteiger partial charge in [0.05, 0.1) is 6.61 Å². The summed E-state index contributed by atoms with van der Waals surface area (Å²) in [5, 5.41) is 8.47. The van der Waals surface area contributed by atoms with Crippen LogP contribution in [-0.2, 0) is 4.74 Å². The maximum absolute atomic E-state index is 11.1. The van der Waals surface area contributed by atoms with Gasteiger partial charge in [0.1, 0.15) is 0 Å². The van der Waals surface area contributed by atoms with Crippen LogP contribution in [0, 0.1) is 0 Å². The fourth-order valence-electron chi connectivity index (χ4n) is 1.42. The molecule has 1 aromatic carbocycles. The molecule has 0 spiro atoms. The number of ether oxygens (including phenoxy) is 1. The van der Waals surface area contributed by atoms with Gasteiger partial charge in [-0.1, -0.05) is 0 Å². The summed E-state index contributed by atoms with van der Waals surface area (Å²) in [7, 11) is 3.26. The van der Waals surface area contributed by atoms with Gasteiger partial charge in [-0.25, -0.2) is 4.79 Å². The van der Waals surface area contributed by atoms with Gasteiger partial charge in [-0.3, -0.25) is 0 Å².